The number of guanidine groups is 1. The summed E-state index contributed by atoms with van der Waals surface area (Å²) in [5.74, 6) is 0.619. The highest BCUT2D eigenvalue weighted by atomic mass is 19.4. The zero-order valence-electron chi connectivity index (χ0n) is 12.7. The number of nitrogens with zero attached hydrogens (tertiary/aromatic N) is 2. The first kappa shape index (κ1) is 18.0. The normalized spacial score (nSPS) is 20.1. The molecule has 0 spiro atoms. The lowest BCUT2D eigenvalue weighted by molar-refractivity contribution is -0.142. The van der Waals surface area contributed by atoms with Crippen LogP contribution in [0.1, 0.15) is 19.8 Å². The summed E-state index contributed by atoms with van der Waals surface area (Å²) in [4.78, 5) is 5.63. The summed E-state index contributed by atoms with van der Waals surface area (Å²) in [6.07, 6.45) is -1.93. The van der Waals surface area contributed by atoms with Crippen molar-refractivity contribution in [3.05, 3.63) is 0 Å². The van der Waals surface area contributed by atoms with Gasteiger partial charge < -0.3 is 15.4 Å². The summed E-state index contributed by atoms with van der Waals surface area (Å²) in [5.41, 5.74) is 0. The molecule has 1 atom stereocenters. The third-order valence-corrected chi connectivity index (χ3v) is 3.06. The molecular weight excluding hydrogens is 285 g/mol. The van der Waals surface area contributed by atoms with E-state index in [9.17, 15) is 13.2 Å². The fourth-order valence-electron chi connectivity index (χ4n) is 2.07. The minimum Gasteiger partial charge on any atom is -0.376 e. The van der Waals surface area contributed by atoms with Crippen molar-refractivity contribution in [2.75, 3.05) is 46.4 Å². The molecule has 1 heterocycles. The highest BCUT2D eigenvalue weighted by Crippen LogP contribution is 2.15. The van der Waals surface area contributed by atoms with E-state index in [2.05, 4.69) is 15.6 Å². The van der Waals surface area contributed by atoms with Crippen LogP contribution in [-0.2, 0) is 4.74 Å². The quantitative estimate of drug-likeness (QED) is 0.548. The number of rotatable bonds is 7. The Morgan fingerprint density at radius 1 is 1.38 bits per heavy atom. The molecule has 1 fully saturated rings. The maximum atomic E-state index is 12.2. The van der Waals surface area contributed by atoms with Gasteiger partial charge in [0.1, 0.15) is 0 Å². The van der Waals surface area contributed by atoms with Crippen molar-refractivity contribution in [2.24, 2.45) is 4.99 Å². The molecular formula is C13H25F3N4O. The fourth-order valence-corrected chi connectivity index (χ4v) is 2.07. The van der Waals surface area contributed by atoms with Crippen molar-refractivity contribution >= 4 is 5.96 Å². The SMILES string of the molecule is CCNC(=NCC1CCCO1)NCCN(C)CC(F)(F)F. The molecule has 0 aromatic heterocycles. The number of aliphatic imine (C=N–C) groups is 1. The zero-order chi connectivity index (χ0) is 15.7. The van der Waals surface area contributed by atoms with Gasteiger partial charge in [-0.3, -0.25) is 9.89 Å². The van der Waals surface area contributed by atoms with Gasteiger partial charge in [-0.05, 0) is 26.8 Å². The summed E-state index contributed by atoms with van der Waals surface area (Å²) in [7, 11) is 1.45. The first-order chi connectivity index (χ1) is 9.90. The van der Waals surface area contributed by atoms with Crippen molar-refractivity contribution in [2.45, 2.75) is 32.0 Å². The van der Waals surface area contributed by atoms with Gasteiger partial charge in [0, 0.05) is 26.2 Å². The molecule has 124 valence electrons. The lowest BCUT2D eigenvalue weighted by atomic mass is 10.2. The molecule has 8 heteroatoms. The second-order valence-electron chi connectivity index (χ2n) is 5.13. The van der Waals surface area contributed by atoms with E-state index >= 15 is 0 Å². The van der Waals surface area contributed by atoms with Gasteiger partial charge in [0.2, 0.25) is 0 Å². The molecule has 0 radical (unpaired) electrons. The number of hydrogen-bond acceptors (Lipinski definition) is 3. The minimum absolute atomic E-state index is 0.161. The first-order valence-electron chi connectivity index (χ1n) is 7.30. The number of ether oxygens (including phenoxy) is 1. The Hall–Kier alpha value is -1.02. The van der Waals surface area contributed by atoms with Crippen LogP contribution in [-0.4, -0.2) is 69.5 Å². The van der Waals surface area contributed by atoms with Gasteiger partial charge in [-0.15, -0.1) is 0 Å². The van der Waals surface area contributed by atoms with E-state index in [0.717, 1.165) is 19.4 Å². The predicted molar refractivity (Wildman–Crippen MR) is 76.5 cm³/mol. The van der Waals surface area contributed by atoms with Crippen LogP contribution in [0.5, 0.6) is 0 Å². The molecule has 0 bridgehead atoms. The summed E-state index contributed by atoms with van der Waals surface area (Å²) < 4.78 is 42.1. The smallest absolute Gasteiger partial charge is 0.376 e. The molecule has 0 aliphatic carbocycles. The Balaban J connectivity index is 2.28. The number of alkyl halides is 3. The zero-order valence-corrected chi connectivity index (χ0v) is 12.7. The molecule has 1 rings (SSSR count). The summed E-state index contributed by atoms with van der Waals surface area (Å²) in [6.45, 7) is 3.81. The Kier molecular flexibility index (Phi) is 7.81. The fraction of sp³-hybridized carbons (Fsp3) is 0.923. The lowest BCUT2D eigenvalue weighted by Crippen LogP contribution is -2.42. The van der Waals surface area contributed by atoms with Gasteiger partial charge >= 0.3 is 6.18 Å². The standard InChI is InChI=1S/C13H25F3N4O/c1-3-17-12(19-9-11-5-4-8-21-11)18-6-7-20(2)10-13(14,15)16/h11H,3-10H2,1-2H3,(H2,17,18,19). The molecule has 0 aromatic carbocycles. The van der Waals surface area contributed by atoms with E-state index < -0.39 is 12.7 Å². The van der Waals surface area contributed by atoms with Crippen LogP contribution in [0.15, 0.2) is 4.99 Å². The average molecular weight is 310 g/mol. The molecule has 0 aromatic rings. The molecule has 1 aliphatic heterocycles. The largest absolute Gasteiger partial charge is 0.401 e. The molecule has 5 nitrogen and oxygen atoms in total. The molecule has 1 aliphatic rings. The van der Waals surface area contributed by atoms with Crippen molar-refractivity contribution in [1.82, 2.24) is 15.5 Å². The number of likely N-dealkylation sites (N-methyl/N-ethyl adjacent to an activating group) is 1. The predicted octanol–water partition coefficient (Wildman–Crippen LogP) is 1.21. The van der Waals surface area contributed by atoms with E-state index in [0.29, 0.717) is 32.1 Å². The topological polar surface area (TPSA) is 48.9 Å². The molecule has 0 amide bonds. The van der Waals surface area contributed by atoms with Gasteiger partial charge in [-0.1, -0.05) is 0 Å². The maximum Gasteiger partial charge on any atom is 0.401 e. The lowest BCUT2D eigenvalue weighted by Gasteiger charge is -2.19. The Bertz CT molecular complexity index is 317. The second kappa shape index (κ2) is 9.09. The minimum atomic E-state index is -4.16. The highest BCUT2D eigenvalue weighted by Gasteiger charge is 2.28. The van der Waals surface area contributed by atoms with Crippen LogP contribution in [0.25, 0.3) is 0 Å². The van der Waals surface area contributed by atoms with E-state index in [1.165, 1.54) is 11.9 Å². The highest BCUT2D eigenvalue weighted by molar-refractivity contribution is 5.79. The van der Waals surface area contributed by atoms with Crippen molar-refractivity contribution in [3.63, 3.8) is 0 Å². The van der Waals surface area contributed by atoms with E-state index in [4.69, 9.17) is 4.74 Å². The van der Waals surface area contributed by atoms with Gasteiger partial charge in [0.25, 0.3) is 0 Å². The Morgan fingerprint density at radius 3 is 2.71 bits per heavy atom. The van der Waals surface area contributed by atoms with Crippen LogP contribution in [0.4, 0.5) is 13.2 Å². The van der Waals surface area contributed by atoms with Gasteiger partial charge in [-0.2, -0.15) is 13.2 Å². The first-order valence-corrected chi connectivity index (χ1v) is 7.30. The number of nitrogens with one attached hydrogen (secondary N) is 2. The van der Waals surface area contributed by atoms with Crippen LogP contribution in [0.3, 0.4) is 0 Å². The van der Waals surface area contributed by atoms with E-state index in [-0.39, 0.29) is 6.10 Å². The summed E-state index contributed by atoms with van der Waals surface area (Å²) in [5, 5.41) is 6.11. The third kappa shape index (κ3) is 8.77. The van der Waals surface area contributed by atoms with E-state index in [1.807, 2.05) is 6.92 Å². The van der Waals surface area contributed by atoms with Crippen LogP contribution < -0.4 is 10.6 Å². The van der Waals surface area contributed by atoms with Crippen LogP contribution in [0, 0.1) is 0 Å². The second-order valence-corrected chi connectivity index (χ2v) is 5.13. The Labute approximate surface area is 123 Å². The summed E-state index contributed by atoms with van der Waals surface area (Å²) >= 11 is 0. The van der Waals surface area contributed by atoms with E-state index in [1.54, 1.807) is 0 Å². The average Bonchev–Trinajstić information content (AvgIpc) is 2.86. The van der Waals surface area contributed by atoms with Gasteiger partial charge in [0.15, 0.2) is 5.96 Å². The number of halogens is 3. The van der Waals surface area contributed by atoms with Crippen molar-refractivity contribution < 1.29 is 17.9 Å². The summed E-state index contributed by atoms with van der Waals surface area (Å²) in [6, 6.07) is 0. The number of hydrogen-bond donors (Lipinski definition) is 2. The van der Waals surface area contributed by atoms with Gasteiger partial charge in [0.05, 0.1) is 19.2 Å². The van der Waals surface area contributed by atoms with Crippen LogP contribution >= 0.6 is 0 Å². The van der Waals surface area contributed by atoms with Crippen LogP contribution in [0.2, 0.25) is 0 Å². The third-order valence-electron chi connectivity index (χ3n) is 3.06. The molecule has 21 heavy (non-hydrogen) atoms. The Morgan fingerprint density at radius 2 is 2.14 bits per heavy atom. The maximum absolute atomic E-state index is 12.2. The monoisotopic (exact) mass is 310 g/mol. The molecule has 1 unspecified atom stereocenters. The van der Waals surface area contributed by atoms with Crippen molar-refractivity contribution in [1.29, 1.82) is 0 Å². The van der Waals surface area contributed by atoms with Crippen molar-refractivity contribution in [3.8, 4) is 0 Å². The molecule has 2 N–H and O–H groups in total. The molecule has 0 saturated carbocycles. The van der Waals surface area contributed by atoms with Gasteiger partial charge in [-0.25, -0.2) is 0 Å². The molecule has 1 saturated heterocycles.